The minimum absolute atomic E-state index is 0.100. The molecule has 0 spiro atoms. The third kappa shape index (κ3) is 2.09. The van der Waals surface area contributed by atoms with Crippen LogP contribution in [0.15, 0.2) is 18.2 Å². The Morgan fingerprint density at radius 3 is 2.71 bits per heavy atom. The number of hydrogen-bond donors (Lipinski definition) is 1. The Morgan fingerprint density at radius 2 is 2.24 bits per heavy atom. The van der Waals surface area contributed by atoms with Gasteiger partial charge >= 0.3 is 0 Å². The third-order valence-electron chi connectivity index (χ3n) is 2.43. The van der Waals surface area contributed by atoms with Crippen molar-refractivity contribution in [1.82, 2.24) is 14.8 Å². The van der Waals surface area contributed by atoms with E-state index in [-0.39, 0.29) is 5.69 Å². The van der Waals surface area contributed by atoms with E-state index in [4.69, 9.17) is 12.2 Å². The molecule has 1 aromatic carbocycles. The van der Waals surface area contributed by atoms with Crippen molar-refractivity contribution in [2.75, 3.05) is 0 Å². The highest BCUT2D eigenvalue weighted by atomic mass is 32.1. The second-order valence-electron chi connectivity index (χ2n) is 3.67. The summed E-state index contributed by atoms with van der Waals surface area (Å²) in [5.41, 5.74) is 1.47. The van der Waals surface area contributed by atoms with E-state index in [0.29, 0.717) is 16.2 Å². The lowest BCUT2D eigenvalue weighted by molar-refractivity contribution is -0.385. The Labute approximate surface area is 102 Å². The van der Waals surface area contributed by atoms with E-state index in [2.05, 4.69) is 10.1 Å². The standard InChI is InChI=1S/C10H10N4O2S/c1-6-5-7(3-4-8(6)14(15)16)9-11-10(17)13(2)12-9/h3-5H,1-2H3,(H,11,12,17). The fourth-order valence-electron chi connectivity index (χ4n) is 1.54. The number of nitro benzene ring substituents is 1. The van der Waals surface area contributed by atoms with Gasteiger partial charge in [-0.2, -0.15) is 4.98 Å². The van der Waals surface area contributed by atoms with Crippen molar-refractivity contribution in [3.63, 3.8) is 0 Å². The van der Waals surface area contributed by atoms with Gasteiger partial charge in [-0.1, -0.05) is 0 Å². The lowest BCUT2D eigenvalue weighted by Crippen LogP contribution is -1.93. The Bertz CT molecular complexity index is 644. The minimum atomic E-state index is -0.403. The molecule has 0 fully saturated rings. The van der Waals surface area contributed by atoms with Crippen LogP contribution in [0.5, 0.6) is 0 Å². The van der Waals surface area contributed by atoms with Gasteiger partial charge < -0.3 is 0 Å². The molecular weight excluding hydrogens is 240 g/mol. The predicted octanol–water partition coefficient (Wildman–Crippen LogP) is 2.36. The number of aromatic amines is 1. The van der Waals surface area contributed by atoms with Crippen LogP contribution in [0.2, 0.25) is 0 Å². The first-order valence-corrected chi connectivity index (χ1v) is 5.28. The Hall–Kier alpha value is -2.02. The molecule has 6 nitrogen and oxygen atoms in total. The summed E-state index contributed by atoms with van der Waals surface area (Å²) in [6.07, 6.45) is 0. The van der Waals surface area contributed by atoms with Gasteiger partial charge in [-0.3, -0.25) is 19.9 Å². The van der Waals surface area contributed by atoms with Crippen LogP contribution in [0.25, 0.3) is 11.4 Å². The maximum Gasteiger partial charge on any atom is 0.272 e. The average molecular weight is 250 g/mol. The first-order valence-electron chi connectivity index (χ1n) is 4.87. The van der Waals surface area contributed by atoms with Gasteiger partial charge in [-0.25, -0.2) is 0 Å². The van der Waals surface area contributed by atoms with Crippen LogP contribution in [0.1, 0.15) is 5.56 Å². The third-order valence-corrected chi connectivity index (χ3v) is 2.80. The molecule has 2 aromatic rings. The van der Waals surface area contributed by atoms with Crippen LogP contribution >= 0.6 is 12.2 Å². The topological polar surface area (TPSA) is 76.8 Å². The molecule has 1 N–H and O–H groups in total. The highest BCUT2D eigenvalue weighted by Crippen LogP contribution is 2.23. The van der Waals surface area contributed by atoms with Crippen LogP contribution in [0.3, 0.4) is 0 Å². The average Bonchev–Trinajstić information content (AvgIpc) is 2.58. The van der Waals surface area contributed by atoms with Gasteiger partial charge in [-0.15, -0.1) is 0 Å². The van der Waals surface area contributed by atoms with Crippen molar-refractivity contribution in [3.8, 4) is 11.4 Å². The van der Waals surface area contributed by atoms with E-state index in [1.54, 1.807) is 30.8 Å². The molecule has 0 bridgehead atoms. The van der Waals surface area contributed by atoms with Crippen molar-refractivity contribution in [3.05, 3.63) is 38.6 Å². The normalized spacial score (nSPS) is 10.5. The van der Waals surface area contributed by atoms with E-state index in [9.17, 15) is 10.1 Å². The second-order valence-corrected chi connectivity index (χ2v) is 4.04. The molecule has 0 aliphatic carbocycles. The Kier molecular flexibility index (Phi) is 2.76. The SMILES string of the molecule is Cc1cc(-c2nc(=S)n(C)[nH]2)ccc1[N+](=O)[O-]. The fraction of sp³-hybridized carbons (Fsp3) is 0.200. The quantitative estimate of drug-likeness (QED) is 0.504. The largest absolute Gasteiger partial charge is 0.279 e. The summed E-state index contributed by atoms with van der Waals surface area (Å²) in [4.78, 5) is 14.4. The molecule has 0 radical (unpaired) electrons. The molecule has 88 valence electrons. The highest BCUT2D eigenvalue weighted by Gasteiger charge is 2.12. The molecule has 0 amide bonds. The van der Waals surface area contributed by atoms with Crippen LogP contribution in [-0.2, 0) is 7.05 Å². The molecule has 0 unspecified atom stereocenters. The molecule has 2 rings (SSSR count). The zero-order valence-corrected chi connectivity index (χ0v) is 10.1. The molecule has 1 heterocycles. The number of nitrogens with one attached hydrogen (secondary N) is 1. The molecule has 0 aliphatic heterocycles. The molecule has 0 atom stereocenters. The van der Waals surface area contributed by atoms with Gasteiger partial charge in [0.2, 0.25) is 4.77 Å². The molecule has 0 aliphatic rings. The van der Waals surface area contributed by atoms with Crippen molar-refractivity contribution < 1.29 is 4.92 Å². The molecule has 0 saturated carbocycles. The highest BCUT2D eigenvalue weighted by molar-refractivity contribution is 7.71. The summed E-state index contributed by atoms with van der Waals surface area (Å²) in [6.45, 7) is 1.69. The Balaban J connectivity index is 2.51. The molecule has 7 heteroatoms. The van der Waals surface area contributed by atoms with Crippen molar-refractivity contribution >= 4 is 17.9 Å². The van der Waals surface area contributed by atoms with E-state index in [1.165, 1.54) is 6.07 Å². The molecular formula is C10H10N4O2S. The van der Waals surface area contributed by atoms with Crippen molar-refractivity contribution in [2.45, 2.75) is 6.92 Å². The smallest absolute Gasteiger partial charge is 0.272 e. The zero-order valence-electron chi connectivity index (χ0n) is 9.30. The minimum Gasteiger partial charge on any atom is -0.279 e. The summed E-state index contributed by atoms with van der Waals surface area (Å²) < 4.78 is 2.05. The van der Waals surface area contributed by atoms with Crippen molar-refractivity contribution in [1.29, 1.82) is 0 Å². The van der Waals surface area contributed by atoms with Gasteiger partial charge in [0.25, 0.3) is 5.69 Å². The number of nitro groups is 1. The number of hydrogen-bond acceptors (Lipinski definition) is 4. The van der Waals surface area contributed by atoms with Crippen LogP contribution in [0.4, 0.5) is 5.69 Å². The fourth-order valence-corrected chi connectivity index (χ4v) is 1.68. The van der Waals surface area contributed by atoms with Gasteiger partial charge in [0, 0.05) is 24.2 Å². The maximum absolute atomic E-state index is 10.7. The second kappa shape index (κ2) is 4.10. The van der Waals surface area contributed by atoms with Gasteiger partial charge in [0.15, 0.2) is 5.82 Å². The van der Waals surface area contributed by atoms with Gasteiger partial charge in [0.05, 0.1) is 4.92 Å². The van der Waals surface area contributed by atoms with E-state index < -0.39 is 4.92 Å². The molecule has 17 heavy (non-hydrogen) atoms. The lowest BCUT2D eigenvalue weighted by Gasteiger charge is -2.00. The summed E-state index contributed by atoms with van der Waals surface area (Å²) in [6, 6.07) is 4.83. The van der Waals surface area contributed by atoms with Crippen LogP contribution in [-0.4, -0.2) is 19.7 Å². The van der Waals surface area contributed by atoms with E-state index >= 15 is 0 Å². The summed E-state index contributed by atoms with van der Waals surface area (Å²) in [7, 11) is 1.76. The number of aromatic nitrogens is 3. The maximum atomic E-state index is 10.7. The van der Waals surface area contributed by atoms with E-state index in [0.717, 1.165) is 5.56 Å². The first kappa shape index (κ1) is 11.5. The monoisotopic (exact) mass is 250 g/mol. The predicted molar refractivity (Wildman–Crippen MR) is 65.2 cm³/mol. The Morgan fingerprint density at radius 1 is 1.53 bits per heavy atom. The first-order chi connectivity index (χ1) is 7.99. The number of rotatable bonds is 2. The number of benzene rings is 1. The molecule has 1 aromatic heterocycles. The number of aryl methyl sites for hydroxylation is 2. The summed E-state index contributed by atoms with van der Waals surface area (Å²) in [5.74, 6) is 0.607. The zero-order chi connectivity index (χ0) is 12.6. The van der Waals surface area contributed by atoms with Crippen LogP contribution < -0.4 is 0 Å². The lowest BCUT2D eigenvalue weighted by atomic mass is 10.1. The van der Waals surface area contributed by atoms with E-state index in [1.807, 2.05) is 0 Å². The van der Waals surface area contributed by atoms with Gasteiger partial charge in [-0.05, 0) is 31.3 Å². The summed E-state index contributed by atoms with van der Waals surface area (Å²) in [5, 5.41) is 13.7. The van der Waals surface area contributed by atoms with Crippen LogP contribution in [0, 0.1) is 21.8 Å². The summed E-state index contributed by atoms with van der Waals surface area (Å²) >= 11 is 4.99. The molecule has 0 saturated heterocycles. The van der Waals surface area contributed by atoms with Crippen molar-refractivity contribution in [2.24, 2.45) is 7.05 Å². The number of H-pyrrole nitrogens is 1. The number of nitrogens with zero attached hydrogens (tertiary/aromatic N) is 3. The van der Waals surface area contributed by atoms with Gasteiger partial charge in [0.1, 0.15) is 0 Å².